The number of hydrogen-bond donors (Lipinski definition) is 1. The first-order valence-electron chi connectivity index (χ1n) is 8.50. The molecule has 1 unspecified atom stereocenters. The predicted molar refractivity (Wildman–Crippen MR) is 93.2 cm³/mol. The number of rotatable bonds is 6. The van der Waals surface area contributed by atoms with Crippen LogP contribution >= 0.6 is 24.8 Å². The minimum absolute atomic E-state index is 0. The van der Waals surface area contributed by atoms with Crippen molar-refractivity contribution >= 4 is 24.8 Å². The van der Waals surface area contributed by atoms with Crippen molar-refractivity contribution in [3.63, 3.8) is 0 Å². The number of hydrogen-bond acceptors (Lipinski definition) is 3. The van der Waals surface area contributed by atoms with Crippen molar-refractivity contribution in [2.75, 3.05) is 39.4 Å². The van der Waals surface area contributed by atoms with E-state index in [1.165, 1.54) is 32.2 Å². The summed E-state index contributed by atoms with van der Waals surface area (Å²) in [5.74, 6) is 0.530. The fourth-order valence-corrected chi connectivity index (χ4v) is 3.75. The van der Waals surface area contributed by atoms with Gasteiger partial charge in [-0.1, -0.05) is 0 Å². The first kappa shape index (κ1) is 21.4. The second-order valence-electron chi connectivity index (χ2n) is 7.16. The first-order valence-corrected chi connectivity index (χ1v) is 8.50. The fourth-order valence-electron chi connectivity index (χ4n) is 3.75. The zero-order valence-corrected chi connectivity index (χ0v) is 15.3. The van der Waals surface area contributed by atoms with Gasteiger partial charge in [-0.25, -0.2) is 8.78 Å². The van der Waals surface area contributed by atoms with Gasteiger partial charge in [-0.15, -0.1) is 24.8 Å². The zero-order valence-electron chi connectivity index (χ0n) is 13.6. The first-order chi connectivity index (χ1) is 10.2. The Morgan fingerprint density at radius 1 is 1.13 bits per heavy atom. The number of ether oxygens (including phenoxy) is 1. The lowest BCUT2D eigenvalue weighted by Gasteiger charge is -2.40. The Morgan fingerprint density at radius 3 is 2.43 bits per heavy atom. The highest BCUT2D eigenvalue weighted by Crippen LogP contribution is 2.50. The predicted octanol–water partition coefficient (Wildman–Crippen LogP) is 3.36. The van der Waals surface area contributed by atoms with Crippen LogP contribution in [0.5, 0.6) is 0 Å². The van der Waals surface area contributed by atoms with Gasteiger partial charge < -0.3 is 10.1 Å². The second-order valence-corrected chi connectivity index (χ2v) is 7.16. The lowest BCUT2D eigenvalue weighted by atomic mass is 9.95. The fraction of sp³-hybridized carbons (Fsp3) is 1.00. The monoisotopic (exact) mass is 374 g/mol. The number of likely N-dealkylation sites (tertiary alicyclic amines) is 1. The van der Waals surface area contributed by atoms with Crippen molar-refractivity contribution in [1.82, 2.24) is 10.2 Å². The molecule has 3 fully saturated rings. The van der Waals surface area contributed by atoms with Crippen LogP contribution in [0.1, 0.15) is 38.5 Å². The van der Waals surface area contributed by atoms with Gasteiger partial charge in [0.15, 0.2) is 0 Å². The molecular formula is C16H30Cl2F2N2O. The van der Waals surface area contributed by atoms with E-state index in [1.807, 2.05) is 0 Å². The van der Waals surface area contributed by atoms with E-state index >= 15 is 0 Å². The van der Waals surface area contributed by atoms with Crippen LogP contribution in [-0.4, -0.2) is 56.8 Å². The molecule has 0 aromatic carbocycles. The summed E-state index contributed by atoms with van der Waals surface area (Å²) in [7, 11) is 0. The average molecular weight is 375 g/mol. The molecule has 0 amide bonds. The van der Waals surface area contributed by atoms with Crippen LogP contribution in [0.25, 0.3) is 0 Å². The molecule has 1 saturated carbocycles. The summed E-state index contributed by atoms with van der Waals surface area (Å²) in [5.41, 5.74) is -0.788. The van der Waals surface area contributed by atoms with Gasteiger partial charge >= 0.3 is 0 Å². The molecule has 0 bridgehead atoms. The minimum atomic E-state index is -2.21. The normalized spacial score (nSPS) is 28.0. The quantitative estimate of drug-likeness (QED) is 0.771. The van der Waals surface area contributed by atoms with E-state index in [-0.39, 0.29) is 31.4 Å². The summed E-state index contributed by atoms with van der Waals surface area (Å²) >= 11 is 0. The van der Waals surface area contributed by atoms with Crippen LogP contribution < -0.4 is 5.32 Å². The summed E-state index contributed by atoms with van der Waals surface area (Å²) < 4.78 is 31.4. The molecule has 2 aliphatic heterocycles. The van der Waals surface area contributed by atoms with E-state index in [0.717, 1.165) is 19.6 Å². The minimum Gasteiger partial charge on any atom is -0.380 e. The van der Waals surface area contributed by atoms with Gasteiger partial charge in [0.05, 0.1) is 18.6 Å². The maximum absolute atomic E-state index is 12.9. The van der Waals surface area contributed by atoms with Gasteiger partial charge in [-0.3, -0.25) is 4.90 Å². The summed E-state index contributed by atoms with van der Waals surface area (Å²) in [5, 5.41) is 3.41. The lowest BCUT2D eigenvalue weighted by molar-refractivity contribution is -0.0258. The van der Waals surface area contributed by atoms with Crippen LogP contribution in [0.3, 0.4) is 0 Å². The largest absolute Gasteiger partial charge is 0.380 e. The molecule has 0 aromatic rings. The number of nitrogens with zero attached hydrogens (tertiary/aromatic N) is 1. The number of alkyl halides is 2. The van der Waals surface area contributed by atoms with Crippen molar-refractivity contribution in [3.8, 4) is 0 Å². The molecule has 7 heteroatoms. The van der Waals surface area contributed by atoms with Gasteiger partial charge in [0, 0.05) is 12.6 Å². The second kappa shape index (κ2) is 9.71. The summed E-state index contributed by atoms with van der Waals surface area (Å²) in [6, 6.07) is 0.713. The van der Waals surface area contributed by atoms with Crippen molar-refractivity contribution in [3.05, 3.63) is 0 Å². The van der Waals surface area contributed by atoms with E-state index in [9.17, 15) is 8.78 Å². The Kier molecular flexibility index (Phi) is 9.02. The molecule has 3 aliphatic rings. The van der Waals surface area contributed by atoms with Gasteiger partial charge in [-0.2, -0.15) is 0 Å². The smallest absolute Gasteiger partial charge is 0.246 e. The van der Waals surface area contributed by atoms with Gasteiger partial charge in [-0.05, 0) is 64.1 Å². The molecule has 138 valence electrons. The molecule has 2 saturated heterocycles. The molecule has 1 aliphatic carbocycles. The van der Waals surface area contributed by atoms with Crippen molar-refractivity contribution < 1.29 is 13.5 Å². The van der Waals surface area contributed by atoms with Gasteiger partial charge in [0.25, 0.3) is 0 Å². The Labute approximate surface area is 150 Å². The Bertz CT molecular complexity index is 340. The molecule has 0 aromatic heterocycles. The molecule has 1 atom stereocenters. The molecule has 2 heterocycles. The summed E-state index contributed by atoms with van der Waals surface area (Å²) in [4.78, 5) is 2.61. The average Bonchev–Trinajstić information content (AvgIpc) is 3.30. The van der Waals surface area contributed by atoms with Crippen molar-refractivity contribution in [2.45, 2.75) is 51.0 Å². The molecule has 0 spiro atoms. The third-order valence-corrected chi connectivity index (χ3v) is 5.47. The summed E-state index contributed by atoms with van der Waals surface area (Å²) in [6.07, 6.45) is 3.94. The molecule has 0 radical (unpaired) electrons. The van der Waals surface area contributed by atoms with Gasteiger partial charge in [0.1, 0.15) is 0 Å². The lowest BCUT2D eigenvalue weighted by Crippen LogP contribution is -2.48. The van der Waals surface area contributed by atoms with E-state index in [4.69, 9.17) is 4.74 Å². The SMILES string of the molecule is Cl.Cl.FC(F)C1(COCC2CCCN(C3CCNCC3)C2)CC1. The van der Waals surface area contributed by atoms with Crippen LogP contribution in [0.4, 0.5) is 8.78 Å². The molecule has 23 heavy (non-hydrogen) atoms. The number of piperidine rings is 2. The van der Waals surface area contributed by atoms with Crippen molar-refractivity contribution in [1.29, 1.82) is 0 Å². The molecular weight excluding hydrogens is 345 g/mol. The summed E-state index contributed by atoms with van der Waals surface area (Å²) in [6.45, 7) is 5.46. The van der Waals surface area contributed by atoms with Crippen LogP contribution in [0, 0.1) is 11.3 Å². The third-order valence-electron chi connectivity index (χ3n) is 5.47. The van der Waals surface area contributed by atoms with Crippen LogP contribution in [-0.2, 0) is 4.74 Å². The third kappa shape index (κ3) is 5.67. The van der Waals surface area contributed by atoms with Gasteiger partial charge in [0.2, 0.25) is 6.43 Å². The Balaban J connectivity index is 0.00000132. The van der Waals surface area contributed by atoms with Crippen molar-refractivity contribution in [2.24, 2.45) is 11.3 Å². The van der Waals surface area contributed by atoms with Crippen LogP contribution in [0.2, 0.25) is 0 Å². The number of nitrogens with one attached hydrogen (secondary N) is 1. The Hall–Kier alpha value is 0.320. The Morgan fingerprint density at radius 2 is 1.83 bits per heavy atom. The van der Waals surface area contributed by atoms with E-state index in [1.54, 1.807) is 0 Å². The highest BCUT2D eigenvalue weighted by molar-refractivity contribution is 5.85. The maximum atomic E-state index is 12.9. The highest BCUT2D eigenvalue weighted by atomic mass is 35.5. The number of halogens is 4. The topological polar surface area (TPSA) is 24.5 Å². The molecule has 3 rings (SSSR count). The standard InChI is InChI=1S/C16H28F2N2O.2ClH/c17-15(18)16(5-6-16)12-21-11-13-2-1-9-20(10-13)14-3-7-19-8-4-14;;/h13-15,19H,1-12H2;2*1H. The van der Waals surface area contributed by atoms with E-state index in [0.29, 0.717) is 31.4 Å². The maximum Gasteiger partial charge on any atom is 0.246 e. The molecule has 3 nitrogen and oxygen atoms in total. The van der Waals surface area contributed by atoms with Crippen LogP contribution in [0.15, 0.2) is 0 Å². The zero-order chi connectivity index (χ0) is 14.7. The van der Waals surface area contributed by atoms with E-state index < -0.39 is 11.8 Å². The van der Waals surface area contributed by atoms with E-state index in [2.05, 4.69) is 10.2 Å². The molecule has 1 N–H and O–H groups in total. The highest BCUT2D eigenvalue weighted by Gasteiger charge is 2.51.